The summed E-state index contributed by atoms with van der Waals surface area (Å²) in [5, 5.41) is 1.33. The van der Waals surface area contributed by atoms with Gasteiger partial charge < -0.3 is 0 Å². The first-order chi connectivity index (χ1) is 10.9. The Morgan fingerprint density at radius 3 is 2.45 bits per heavy atom. The van der Waals surface area contributed by atoms with E-state index < -0.39 is 0 Å². The molecule has 0 amide bonds. The van der Waals surface area contributed by atoms with E-state index in [-0.39, 0.29) is 0 Å². The van der Waals surface area contributed by atoms with Gasteiger partial charge in [-0.25, -0.2) is 4.98 Å². The number of piperidine rings is 1. The van der Waals surface area contributed by atoms with Crippen LogP contribution in [0.25, 0.3) is 10.2 Å². The van der Waals surface area contributed by atoms with Crippen molar-refractivity contribution in [2.45, 2.75) is 25.3 Å². The van der Waals surface area contributed by atoms with Crippen molar-refractivity contribution in [1.82, 2.24) is 9.88 Å². The van der Waals surface area contributed by atoms with E-state index in [9.17, 15) is 0 Å². The average molecular weight is 308 g/mol. The van der Waals surface area contributed by atoms with Crippen LogP contribution in [0.2, 0.25) is 0 Å². The number of aromatic nitrogens is 1. The van der Waals surface area contributed by atoms with Crippen LogP contribution in [0.15, 0.2) is 54.6 Å². The van der Waals surface area contributed by atoms with Crippen molar-refractivity contribution in [3.63, 3.8) is 0 Å². The molecule has 2 nitrogen and oxygen atoms in total. The third kappa shape index (κ3) is 2.92. The summed E-state index contributed by atoms with van der Waals surface area (Å²) >= 11 is 1.88. The summed E-state index contributed by atoms with van der Waals surface area (Å²) < 4.78 is 1.32. The van der Waals surface area contributed by atoms with Crippen LogP contribution < -0.4 is 0 Å². The smallest absolute Gasteiger partial charge is 0.0970 e. The van der Waals surface area contributed by atoms with Crippen LogP contribution in [0.4, 0.5) is 0 Å². The van der Waals surface area contributed by atoms with Crippen molar-refractivity contribution in [2.24, 2.45) is 0 Å². The third-order valence-corrected chi connectivity index (χ3v) is 5.70. The van der Waals surface area contributed by atoms with Crippen molar-refractivity contribution in [3.8, 4) is 0 Å². The van der Waals surface area contributed by atoms with Crippen LogP contribution in [0.1, 0.15) is 29.3 Å². The molecule has 0 unspecified atom stereocenters. The van der Waals surface area contributed by atoms with Gasteiger partial charge in [0.25, 0.3) is 0 Å². The molecule has 1 saturated heterocycles. The SMILES string of the molecule is c1ccc(CN2CCC(c3nc4ccccc4s3)CC2)cc1. The van der Waals surface area contributed by atoms with E-state index in [4.69, 9.17) is 4.98 Å². The Bertz CT molecular complexity index is 709. The number of benzene rings is 2. The predicted octanol–water partition coefficient (Wildman–Crippen LogP) is 4.68. The topological polar surface area (TPSA) is 16.1 Å². The highest BCUT2D eigenvalue weighted by Crippen LogP contribution is 2.34. The fraction of sp³-hybridized carbons (Fsp3) is 0.316. The molecule has 1 aliphatic heterocycles. The molecule has 0 atom stereocenters. The van der Waals surface area contributed by atoms with E-state index in [0.717, 1.165) is 12.1 Å². The fourth-order valence-electron chi connectivity index (χ4n) is 3.24. The van der Waals surface area contributed by atoms with Crippen LogP contribution >= 0.6 is 11.3 Å². The van der Waals surface area contributed by atoms with Crippen LogP contribution in [-0.4, -0.2) is 23.0 Å². The second kappa shape index (κ2) is 6.19. The van der Waals surface area contributed by atoms with E-state index in [1.807, 2.05) is 11.3 Å². The number of likely N-dealkylation sites (tertiary alicyclic amines) is 1. The molecule has 2 aromatic carbocycles. The van der Waals surface area contributed by atoms with Crippen molar-refractivity contribution < 1.29 is 0 Å². The van der Waals surface area contributed by atoms with E-state index in [1.54, 1.807) is 0 Å². The molecular formula is C19H20N2S. The Balaban J connectivity index is 1.41. The Kier molecular flexibility index (Phi) is 3.92. The Labute approximate surface area is 135 Å². The number of fused-ring (bicyclic) bond motifs is 1. The molecule has 22 heavy (non-hydrogen) atoms. The molecule has 0 bridgehead atoms. The highest BCUT2D eigenvalue weighted by atomic mass is 32.1. The lowest BCUT2D eigenvalue weighted by molar-refractivity contribution is 0.204. The second-order valence-corrected chi connectivity index (χ2v) is 7.12. The second-order valence-electron chi connectivity index (χ2n) is 6.06. The predicted molar refractivity (Wildman–Crippen MR) is 93.3 cm³/mol. The van der Waals surface area contributed by atoms with E-state index in [2.05, 4.69) is 59.5 Å². The van der Waals surface area contributed by atoms with Gasteiger partial charge in [0.2, 0.25) is 0 Å². The molecule has 3 aromatic rings. The molecule has 4 rings (SSSR count). The maximum absolute atomic E-state index is 4.85. The highest BCUT2D eigenvalue weighted by Gasteiger charge is 2.23. The largest absolute Gasteiger partial charge is 0.299 e. The van der Waals surface area contributed by atoms with Crippen LogP contribution in [-0.2, 0) is 6.54 Å². The maximum Gasteiger partial charge on any atom is 0.0970 e. The molecule has 0 radical (unpaired) electrons. The van der Waals surface area contributed by atoms with Crippen LogP contribution in [0, 0.1) is 0 Å². The van der Waals surface area contributed by atoms with Crippen LogP contribution in [0.3, 0.4) is 0 Å². The minimum atomic E-state index is 0.643. The number of nitrogens with zero attached hydrogens (tertiary/aromatic N) is 2. The van der Waals surface area contributed by atoms with E-state index >= 15 is 0 Å². The number of hydrogen-bond donors (Lipinski definition) is 0. The first-order valence-electron chi connectivity index (χ1n) is 8.00. The monoisotopic (exact) mass is 308 g/mol. The van der Waals surface area contributed by atoms with Crippen molar-refractivity contribution in [1.29, 1.82) is 0 Å². The third-order valence-electron chi connectivity index (χ3n) is 4.50. The molecule has 112 valence electrons. The highest BCUT2D eigenvalue weighted by molar-refractivity contribution is 7.18. The zero-order chi connectivity index (χ0) is 14.8. The van der Waals surface area contributed by atoms with Gasteiger partial charge in [-0.05, 0) is 43.6 Å². The average Bonchev–Trinajstić information content (AvgIpc) is 3.00. The standard InChI is InChI=1S/C19H20N2S/c1-2-6-15(7-3-1)14-21-12-10-16(11-13-21)19-20-17-8-4-5-9-18(17)22-19/h1-9,16H,10-14H2. The van der Waals surface area contributed by atoms with Crippen molar-refractivity contribution >= 4 is 21.6 Å². The maximum atomic E-state index is 4.85. The lowest BCUT2D eigenvalue weighted by Gasteiger charge is -2.31. The zero-order valence-corrected chi connectivity index (χ0v) is 13.4. The Morgan fingerprint density at radius 2 is 1.68 bits per heavy atom. The first-order valence-corrected chi connectivity index (χ1v) is 8.82. The van der Waals surface area contributed by atoms with E-state index in [0.29, 0.717) is 5.92 Å². The van der Waals surface area contributed by atoms with Gasteiger partial charge in [0.05, 0.1) is 15.2 Å². The molecule has 1 aromatic heterocycles. The lowest BCUT2D eigenvalue weighted by Crippen LogP contribution is -2.32. The molecule has 1 aliphatic rings. The lowest BCUT2D eigenvalue weighted by atomic mass is 9.97. The molecule has 1 fully saturated rings. The number of hydrogen-bond acceptors (Lipinski definition) is 3. The molecule has 0 spiro atoms. The number of rotatable bonds is 3. The molecule has 0 aliphatic carbocycles. The summed E-state index contributed by atoms with van der Waals surface area (Å²) in [6, 6.07) is 19.3. The summed E-state index contributed by atoms with van der Waals surface area (Å²) in [4.78, 5) is 7.41. The van der Waals surface area contributed by atoms with Crippen molar-refractivity contribution in [3.05, 3.63) is 65.2 Å². The minimum absolute atomic E-state index is 0.643. The van der Waals surface area contributed by atoms with Gasteiger partial charge >= 0.3 is 0 Å². The van der Waals surface area contributed by atoms with E-state index in [1.165, 1.54) is 41.2 Å². The minimum Gasteiger partial charge on any atom is -0.299 e. The summed E-state index contributed by atoms with van der Waals surface area (Å²) in [5.74, 6) is 0.643. The normalized spacial score (nSPS) is 17.1. The van der Waals surface area contributed by atoms with Gasteiger partial charge in [0, 0.05) is 12.5 Å². The van der Waals surface area contributed by atoms with Gasteiger partial charge in [0.1, 0.15) is 0 Å². The van der Waals surface area contributed by atoms with Gasteiger partial charge in [-0.1, -0.05) is 42.5 Å². The van der Waals surface area contributed by atoms with Crippen molar-refractivity contribution in [2.75, 3.05) is 13.1 Å². The quantitative estimate of drug-likeness (QED) is 0.698. The first kappa shape index (κ1) is 13.9. The molecular weight excluding hydrogens is 288 g/mol. The van der Waals surface area contributed by atoms with Gasteiger partial charge in [-0.3, -0.25) is 4.90 Å². The summed E-state index contributed by atoms with van der Waals surface area (Å²) in [6.07, 6.45) is 2.46. The summed E-state index contributed by atoms with van der Waals surface area (Å²) in [6.45, 7) is 3.43. The fourth-order valence-corrected chi connectivity index (χ4v) is 4.38. The summed E-state index contributed by atoms with van der Waals surface area (Å²) in [5.41, 5.74) is 2.58. The van der Waals surface area contributed by atoms with Gasteiger partial charge in [0.15, 0.2) is 0 Å². The van der Waals surface area contributed by atoms with Gasteiger partial charge in [-0.15, -0.1) is 11.3 Å². The molecule has 2 heterocycles. The Morgan fingerprint density at radius 1 is 0.955 bits per heavy atom. The van der Waals surface area contributed by atoms with Crippen LogP contribution in [0.5, 0.6) is 0 Å². The summed E-state index contributed by atoms with van der Waals surface area (Å²) in [7, 11) is 0. The number of thiazole rings is 1. The molecule has 0 saturated carbocycles. The Hall–Kier alpha value is -1.71. The molecule has 0 N–H and O–H groups in total. The van der Waals surface area contributed by atoms with Gasteiger partial charge in [-0.2, -0.15) is 0 Å². The zero-order valence-electron chi connectivity index (χ0n) is 12.6. The number of para-hydroxylation sites is 1. The molecule has 3 heteroatoms.